The van der Waals surface area contributed by atoms with E-state index in [2.05, 4.69) is 15.1 Å². The highest BCUT2D eigenvalue weighted by Crippen LogP contribution is 2.38. The molecule has 3 fully saturated rings. The second-order valence-corrected chi connectivity index (χ2v) is 16.4. The van der Waals surface area contributed by atoms with Crippen LogP contribution in [0.3, 0.4) is 0 Å². The number of nitrogens with zero attached hydrogens (tertiary/aromatic N) is 5. The quantitative estimate of drug-likeness (QED) is 0.0537. The van der Waals surface area contributed by atoms with Crippen molar-refractivity contribution >= 4 is 58.2 Å². The molecule has 5 amide bonds. The number of non-ortho nitro benzene ring substituents is 1. The van der Waals surface area contributed by atoms with Crippen LogP contribution in [-0.2, 0) is 25.7 Å². The van der Waals surface area contributed by atoms with Gasteiger partial charge in [0.2, 0.25) is 11.8 Å². The van der Waals surface area contributed by atoms with Crippen molar-refractivity contribution in [2.24, 2.45) is 0 Å². The number of fused-ring (bicyclic) bond motifs is 2. The smallest absolute Gasteiger partial charge is 0.269 e. The summed E-state index contributed by atoms with van der Waals surface area (Å²) in [4.78, 5) is 81.9. The number of nitro groups is 1. The third-order valence-corrected chi connectivity index (χ3v) is 12.4. The molecule has 4 aromatic rings. The van der Waals surface area contributed by atoms with Crippen LogP contribution in [0.15, 0.2) is 103 Å². The van der Waals surface area contributed by atoms with Crippen molar-refractivity contribution in [1.29, 1.82) is 0 Å². The van der Waals surface area contributed by atoms with Gasteiger partial charge in [0, 0.05) is 87.5 Å². The maximum absolute atomic E-state index is 13.6. The lowest BCUT2D eigenvalue weighted by molar-refractivity contribution is -0.384. The van der Waals surface area contributed by atoms with E-state index in [4.69, 9.17) is 9.47 Å². The zero-order valence-corrected chi connectivity index (χ0v) is 34.5. The summed E-state index contributed by atoms with van der Waals surface area (Å²) in [5.74, 6) is -1.33. The first-order chi connectivity index (χ1) is 30.6. The highest BCUT2D eigenvalue weighted by molar-refractivity contribution is 6.32. The van der Waals surface area contributed by atoms with Crippen LogP contribution in [0.2, 0.25) is 0 Å². The van der Waals surface area contributed by atoms with Gasteiger partial charge in [0.05, 0.1) is 34.4 Å². The Morgan fingerprint density at radius 2 is 1.54 bits per heavy atom. The summed E-state index contributed by atoms with van der Waals surface area (Å²) < 4.78 is 12.4. The number of ether oxygens (including phenoxy) is 2. The van der Waals surface area contributed by atoms with Gasteiger partial charge >= 0.3 is 0 Å². The van der Waals surface area contributed by atoms with Crippen LogP contribution >= 0.6 is 0 Å². The van der Waals surface area contributed by atoms with Crippen LogP contribution in [-0.4, -0.2) is 102 Å². The fourth-order valence-electron chi connectivity index (χ4n) is 8.81. The van der Waals surface area contributed by atoms with E-state index in [9.17, 15) is 34.1 Å². The minimum atomic E-state index is -0.980. The number of carbonyl (C=O) groups excluding carboxylic acids is 5. The molecule has 9 rings (SSSR count). The number of rotatable bonds is 14. The molecule has 4 aliphatic heterocycles. The molecule has 63 heavy (non-hydrogen) atoms. The number of nitro benzene ring substituents is 1. The number of hydrogen-bond acceptors (Lipinski definition) is 11. The van der Waals surface area contributed by atoms with E-state index < -0.39 is 34.6 Å². The van der Waals surface area contributed by atoms with Crippen molar-refractivity contribution in [3.05, 3.63) is 141 Å². The number of piperidine rings is 1. The Morgan fingerprint density at radius 1 is 0.794 bits per heavy atom. The molecule has 1 unspecified atom stereocenters. The molecule has 15 heteroatoms. The normalized spacial score (nSPS) is 21.8. The molecule has 15 nitrogen and oxygen atoms in total. The predicted molar refractivity (Wildman–Crippen MR) is 234 cm³/mol. The Kier molecular flexibility index (Phi) is 11.7. The number of amides is 5. The van der Waals surface area contributed by atoms with Gasteiger partial charge < -0.3 is 19.3 Å². The third-order valence-electron chi connectivity index (χ3n) is 12.4. The summed E-state index contributed by atoms with van der Waals surface area (Å²) >= 11 is 0. The van der Waals surface area contributed by atoms with E-state index in [1.165, 1.54) is 12.1 Å². The molecule has 0 radical (unpaired) electrons. The fraction of sp³-hybridized carbons (Fsp3) is 0.312. The number of piperazine rings is 1. The SMILES string of the molecule is O=C1CCC(N2C(=O)c3ccc(N4CCN(CCCO[C@H]5C[C@H](Oc6ccc(CN7C(=O)/C(=C/C=C/c8ccc([N+](=O)[O-])cc8)c8ccccc87)cc6)C5)CC4)cc3C2=O)C(=O)N1. The fourth-order valence-corrected chi connectivity index (χ4v) is 8.81. The van der Waals surface area contributed by atoms with Gasteiger partial charge in [0.25, 0.3) is 23.4 Å². The van der Waals surface area contributed by atoms with Crippen LogP contribution in [0.1, 0.15) is 69.5 Å². The first-order valence-corrected chi connectivity index (χ1v) is 21.3. The Hall–Kier alpha value is -6.97. The maximum atomic E-state index is 13.6. The summed E-state index contributed by atoms with van der Waals surface area (Å²) in [6, 6.07) is 26.1. The van der Waals surface area contributed by atoms with E-state index in [-0.39, 0.29) is 42.2 Å². The Bertz CT molecular complexity index is 2520. The molecule has 1 atom stereocenters. The number of carbonyl (C=O) groups is 5. The van der Waals surface area contributed by atoms with E-state index >= 15 is 0 Å². The average molecular weight is 851 g/mol. The molecule has 2 saturated heterocycles. The summed E-state index contributed by atoms with van der Waals surface area (Å²) in [5.41, 5.74) is 5.52. The first kappa shape index (κ1) is 41.4. The Labute approximate surface area is 363 Å². The van der Waals surface area contributed by atoms with Crippen molar-refractivity contribution in [2.75, 3.05) is 49.1 Å². The monoisotopic (exact) mass is 850 g/mol. The van der Waals surface area contributed by atoms with E-state index in [0.717, 1.165) is 90.7 Å². The van der Waals surface area contributed by atoms with Gasteiger partial charge in [0.15, 0.2) is 0 Å². The minimum Gasteiger partial charge on any atom is -0.490 e. The Balaban J connectivity index is 0.681. The maximum Gasteiger partial charge on any atom is 0.269 e. The molecule has 1 aliphatic carbocycles. The zero-order chi connectivity index (χ0) is 43.6. The van der Waals surface area contributed by atoms with Crippen LogP contribution in [0.25, 0.3) is 11.6 Å². The predicted octanol–water partition coefficient (Wildman–Crippen LogP) is 5.78. The number of imide groups is 2. The topological polar surface area (TPSA) is 172 Å². The minimum absolute atomic E-state index is 0.0267. The number of allylic oxidation sites excluding steroid dienone is 2. The molecule has 1 N–H and O–H groups in total. The highest BCUT2D eigenvalue weighted by atomic mass is 16.6. The summed E-state index contributed by atoms with van der Waals surface area (Å²) in [6.45, 7) is 5.25. The van der Waals surface area contributed by atoms with Crippen molar-refractivity contribution in [3.63, 3.8) is 0 Å². The lowest BCUT2D eigenvalue weighted by Gasteiger charge is -2.37. The molecule has 4 heterocycles. The van der Waals surface area contributed by atoms with Gasteiger partial charge in [-0.15, -0.1) is 0 Å². The highest BCUT2D eigenvalue weighted by Gasteiger charge is 2.45. The standard InChI is InChI=1S/C48H46N6O9/c55-44-20-19-43(45(56)49-44)53-47(58)40-18-15-34(27-41(40)48(53)59)51-24-22-50(23-25-51)21-4-26-62-36-28-37(29-36)63-35-16-11-32(12-17-35)30-52-42-8-2-1-6-38(42)39(46(52)57)7-3-5-31-9-13-33(14-10-31)54(60)61/h1-3,5-18,27,36-37,43H,4,19-26,28-30H2,(H,49,55,56)/b5-3+,39-7+/t36-,37-,43?. The summed E-state index contributed by atoms with van der Waals surface area (Å²) in [5, 5.41) is 13.2. The van der Waals surface area contributed by atoms with Gasteiger partial charge in [-0.3, -0.25) is 49.2 Å². The van der Waals surface area contributed by atoms with Crippen molar-refractivity contribution < 1.29 is 38.4 Å². The molecule has 1 saturated carbocycles. The molecule has 5 aliphatic rings. The number of hydrogen-bond donors (Lipinski definition) is 1. The van der Waals surface area contributed by atoms with Gasteiger partial charge in [-0.1, -0.05) is 42.5 Å². The van der Waals surface area contributed by atoms with E-state index in [1.54, 1.807) is 41.3 Å². The molecule has 0 aromatic heterocycles. The second-order valence-electron chi connectivity index (χ2n) is 16.4. The number of para-hydroxylation sites is 1. The number of benzene rings is 4. The molecular weight excluding hydrogens is 805 g/mol. The number of anilines is 2. The second kappa shape index (κ2) is 17.8. The van der Waals surface area contributed by atoms with Crippen molar-refractivity contribution in [3.8, 4) is 5.75 Å². The van der Waals surface area contributed by atoms with E-state index in [1.807, 2.05) is 60.7 Å². The Morgan fingerprint density at radius 3 is 2.29 bits per heavy atom. The van der Waals surface area contributed by atoms with Crippen LogP contribution in [0.5, 0.6) is 5.75 Å². The molecule has 0 bridgehead atoms. The van der Waals surface area contributed by atoms with Crippen LogP contribution < -0.4 is 19.9 Å². The summed E-state index contributed by atoms with van der Waals surface area (Å²) in [7, 11) is 0. The number of nitrogens with one attached hydrogen (secondary N) is 1. The molecule has 0 spiro atoms. The van der Waals surface area contributed by atoms with Crippen LogP contribution in [0, 0.1) is 10.1 Å². The van der Waals surface area contributed by atoms with Gasteiger partial charge in [-0.25, -0.2) is 0 Å². The zero-order valence-electron chi connectivity index (χ0n) is 34.5. The molecule has 322 valence electrons. The third kappa shape index (κ3) is 8.74. The lowest BCUT2D eigenvalue weighted by atomic mass is 9.92. The molecular formula is C48H46N6O9. The van der Waals surface area contributed by atoms with Crippen molar-refractivity contribution in [1.82, 2.24) is 15.1 Å². The van der Waals surface area contributed by atoms with Crippen molar-refractivity contribution in [2.45, 2.75) is 56.9 Å². The van der Waals surface area contributed by atoms with Crippen LogP contribution in [0.4, 0.5) is 17.1 Å². The van der Waals surface area contributed by atoms with Gasteiger partial charge in [-0.2, -0.15) is 0 Å². The lowest BCUT2D eigenvalue weighted by Crippen LogP contribution is -2.54. The average Bonchev–Trinajstić information content (AvgIpc) is 3.68. The molecule has 4 aromatic carbocycles. The summed E-state index contributed by atoms with van der Waals surface area (Å²) in [6.07, 6.45) is 8.42. The largest absolute Gasteiger partial charge is 0.490 e. The first-order valence-electron chi connectivity index (χ1n) is 21.3. The van der Waals surface area contributed by atoms with Gasteiger partial charge in [0.1, 0.15) is 17.9 Å². The van der Waals surface area contributed by atoms with Gasteiger partial charge in [-0.05, 0) is 78.6 Å². The van der Waals surface area contributed by atoms with E-state index in [0.29, 0.717) is 24.3 Å².